The number of nitrogens with zero attached hydrogens (tertiary/aromatic N) is 2. The minimum atomic E-state index is 0.242. The summed E-state index contributed by atoms with van der Waals surface area (Å²) < 4.78 is 6.29. The van der Waals surface area contributed by atoms with Crippen molar-refractivity contribution in [1.82, 2.24) is 15.3 Å². The van der Waals surface area contributed by atoms with Crippen molar-refractivity contribution in [2.24, 2.45) is 0 Å². The van der Waals surface area contributed by atoms with Crippen molar-refractivity contribution in [3.05, 3.63) is 84.2 Å². The van der Waals surface area contributed by atoms with E-state index in [1.54, 1.807) is 12.4 Å². The van der Waals surface area contributed by atoms with Crippen LogP contribution in [-0.2, 0) is 13.0 Å². The Morgan fingerprint density at radius 2 is 1.76 bits per heavy atom. The summed E-state index contributed by atoms with van der Waals surface area (Å²) in [7, 11) is 0. The van der Waals surface area contributed by atoms with Gasteiger partial charge in [-0.25, -0.2) is 9.97 Å². The van der Waals surface area contributed by atoms with Crippen LogP contribution in [0.15, 0.2) is 73.1 Å². The summed E-state index contributed by atoms with van der Waals surface area (Å²) >= 11 is 0. The van der Waals surface area contributed by atoms with E-state index >= 15 is 0 Å². The molecule has 0 amide bonds. The van der Waals surface area contributed by atoms with Gasteiger partial charge < -0.3 is 15.4 Å². The second-order valence-electron chi connectivity index (χ2n) is 7.47. The van der Waals surface area contributed by atoms with E-state index in [2.05, 4.69) is 75.2 Å². The highest BCUT2D eigenvalue weighted by atomic mass is 16.5. The third-order valence-corrected chi connectivity index (χ3v) is 5.33. The molecule has 4 rings (SSSR count). The van der Waals surface area contributed by atoms with E-state index in [0.717, 1.165) is 44.5 Å². The van der Waals surface area contributed by atoms with E-state index in [1.807, 2.05) is 6.07 Å². The molecule has 29 heavy (non-hydrogen) atoms. The Labute approximate surface area is 172 Å². The lowest BCUT2D eigenvalue weighted by molar-refractivity contribution is 0.147. The summed E-state index contributed by atoms with van der Waals surface area (Å²) in [6.45, 7) is 1.68. The number of hydrogen-bond acceptors (Lipinski definition) is 5. The zero-order chi connectivity index (χ0) is 19.7. The van der Waals surface area contributed by atoms with Crippen molar-refractivity contribution in [2.45, 2.75) is 44.4 Å². The van der Waals surface area contributed by atoms with Crippen LogP contribution in [0.4, 0.5) is 5.95 Å². The SMILES string of the molecule is c1ccc(CNC(CCNc2ncccn2)CC2CCc3ccccc3O2)cc1. The molecule has 2 heterocycles. The molecule has 0 saturated heterocycles. The number of fused-ring (bicyclic) bond motifs is 1. The largest absolute Gasteiger partial charge is 0.490 e. The minimum absolute atomic E-state index is 0.242. The average Bonchev–Trinajstić information content (AvgIpc) is 2.79. The summed E-state index contributed by atoms with van der Waals surface area (Å²) in [5.41, 5.74) is 2.62. The molecular weight excluding hydrogens is 360 g/mol. The van der Waals surface area contributed by atoms with Gasteiger partial charge in [0.1, 0.15) is 11.9 Å². The van der Waals surface area contributed by atoms with Gasteiger partial charge in [0.25, 0.3) is 0 Å². The fraction of sp³-hybridized carbons (Fsp3) is 0.333. The van der Waals surface area contributed by atoms with Crippen LogP contribution in [-0.4, -0.2) is 28.7 Å². The maximum Gasteiger partial charge on any atom is 0.222 e. The van der Waals surface area contributed by atoms with Crippen LogP contribution in [0, 0.1) is 0 Å². The Bertz CT molecular complexity index is 872. The normalized spacial score (nSPS) is 16.5. The standard InChI is InChI=1S/C24H28N4O/c1-2-7-19(8-3-1)18-28-21(13-16-27-24-25-14-6-15-26-24)17-22-12-11-20-9-4-5-10-23(20)29-22/h1-10,14-15,21-22,28H,11-13,16-18H2,(H,25,26,27). The number of aromatic nitrogens is 2. The van der Waals surface area contributed by atoms with E-state index in [4.69, 9.17) is 4.74 Å². The number of rotatable bonds is 9. The highest BCUT2D eigenvalue weighted by Crippen LogP contribution is 2.29. The molecule has 1 aliphatic heterocycles. The van der Waals surface area contributed by atoms with Crippen LogP contribution in [0.2, 0.25) is 0 Å². The Balaban J connectivity index is 1.34. The first-order valence-corrected chi connectivity index (χ1v) is 10.4. The van der Waals surface area contributed by atoms with Gasteiger partial charge in [0.15, 0.2) is 0 Å². The molecule has 5 nitrogen and oxygen atoms in total. The summed E-state index contributed by atoms with van der Waals surface area (Å²) in [6, 6.07) is 21.1. The lowest BCUT2D eigenvalue weighted by Crippen LogP contribution is -2.37. The van der Waals surface area contributed by atoms with Gasteiger partial charge in [-0.15, -0.1) is 0 Å². The molecule has 2 unspecified atom stereocenters. The molecule has 2 aromatic carbocycles. The Hall–Kier alpha value is -2.92. The van der Waals surface area contributed by atoms with Crippen molar-refractivity contribution in [1.29, 1.82) is 0 Å². The van der Waals surface area contributed by atoms with Crippen molar-refractivity contribution in [3.8, 4) is 5.75 Å². The van der Waals surface area contributed by atoms with Crippen molar-refractivity contribution >= 4 is 5.95 Å². The van der Waals surface area contributed by atoms with Crippen LogP contribution in [0.5, 0.6) is 5.75 Å². The van der Waals surface area contributed by atoms with E-state index < -0.39 is 0 Å². The van der Waals surface area contributed by atoms with Crippen molar-refractivity contribution < 1.29 is 4.74 Å². The molecule has 150 valence electrons. The summed E-state index contributed by atoms with van der Waals surface area (Å²) in [5, 5.41) is 7.06. The van der Waals surface area contributed by atoms with Gasteiger partial charge in [0.05, 0.1) is 0 Å². The van der Waals surface area contributed by atoms with Crippen LogP contribution < -0.4 is 15.4 Å². The summed E-state index contributed by atoms with van der Waals surface area (Å²) in [4.78, 5) is 8.49. The zero-order valence-electron chi connectivity index (χ0n) is 16.6. The monoisotopic (exact) mass is 388 g/mol. The number of benzene rings is 2. The molecule has 2 atom stereocenters. The second kappa shape index (κ2) is 10.0. The first-order chi connectivity index (χ1) is 14.4. The van der Waals surface area contributed by atoms with Gasteiger partial charge in [0.2, 0.25) is 5.95 Å². The summed E-state index contributed by atoms with van der Waals surface area (Å²) in [6.07, 6.45) is 7.87. The molecule has 1 aliphatic rings. The third-order valence-electron chi connectivity index (χ3n) is 5.33. The zero-order valence-corrected chi connectivity index (χ0v) is 16.6. The molecule has 5 heteroatoms. The lowest BCUT2D eigenvalue weighted by atomic mass is 9.96. The third kappa shape index (κ3) is 5.78. The molecule has 3 aromatic rings. The van der Waals surface area contributed by atoms with Gasteiger partial charge in [-0.05, 0) is 48.9 Å². The van der Waals surface area contributed by atoms with Crippen LogP contribution in [0.3, 0.4) is 0 Å². The molecule has 0 spiro atoms. The number of hydrogen-bond donors (Lipinski definition) is 2. The predicted octanol–water partition coefficient (Wildman–Crippen LogP) is 4.22. The second-order valence-corrected chi connectivity index (χ2v) is 7.47. The highest BCUT2D eigenvalue weighted by Gasteiger charge is 2.23. The van der Waals surface area contributed by atoms with Crippen LogP contribution in [0.1, 0.15) is 30.4 Å². The number of para-hydroxylation sites is 1. The average molecular weight is 389 g/mol. The fourth-order valence-corrected chi connectivity index (χ4v) is 3.77. The van der Waals surface area contributed by atoms with E-state index in [9.17, 15) is 0 Å². The van der Waals surface area contributed by atoms with E-state index in [0.29, 0.717) is 12.0 Å². The number of aryl methyl sites for hydroxylation is 1. The smallest absolute Gasteiger partial charge is 0.222 e. The van der Waals surface area contributed by atoms with Crippen molar-refractivity contribution in [2.75, 3.05) is 11.9 Å². The highest BCUT2D eigenvalue weighted by molar-refractivity contribution is 5.35. The Morgan fingerprint density at radius 1 is 0.966 bits per heavy atom. The van der Waals surface area contributed by atoms with Gasteiger partial charge in [-0.2, -0.15) is 0 Å². The molecule has 2 N–H and O–H groups in total. The molecule has 0 saturated carbocycles. The number of nitrogens with one attached hydrogen (secondary N) is 2. The first-order valence-electron chi connectivity index (χ1n) is 10.4. The maximum absolute atomic E-state index is 6.29. The quantitative estimate of drug-likeness (QED) is 0.575. The van der Waals surface area contributed by atoms with Gasteiger partial charge in [0, 0.05) is 31.5 Å². The molecule has 1 aromatic heterocycles. The predicted molar refractivity (Wildman–Crippen MR) is 116 cm³/mol. The Morgan fingerprint density at radius 3 is 2.62 bits per heavy atom. The maximum atomic E-state index is 6.29. The minimum Gasteiger partial charge on any atom is -0.490 e. The topological polar surface area (TPSA) is 59.1 Å². The number of ether oxygens (including phenoxy) is 1. The molecule has 0 bridgehead atoms. The van der Waals surface area contributed by atoms with Crippen LogP contribution in [0.25, 0.3) is 0 Å². The Kier molecular flexibility index (Phi) is 6.71. The molecule has 0 radical (unpaired) electrons. The van der Waals surface area contributed by atoms with Crippen molar-refractivity contribution in [3.63, 3.8) is 0 Å². The molecular formula is C24H28N4O. The van der Waals surface area contributed by atoms with Crippen LogP contribution >= 0.6 is 0 Å². The van der Waals surface area contributed by atoms with E-state index in [1.165, 1.54) is 11.1 Å². The number of anilines is 1. The molecule has 0 aliphatic carbocycles. The summed E-state index contributed by atoms with van der Waals surface area (Å²) in [5.74, 6) is 1.72. The van der Waals surface area contributed by atoms with Gasteiger partial charge in [-0.1, -0.05) is 48.5 Å². The molecule has 0 fully saturated rings. The fourth-order valence-electron chi connectivity index (χ4n) is 3.77. The first kappa shape index (κ1) is 19.4. The van der Waals surface area contributed by atoms with E-state index in [-0.39, 0.29) is 6.10 Å². The lowest BCUT2D eigenvalue weighted by Gasteiger charge is -2.30. The van der Waals surface area contributed by atoms with Gasteiger partial charge >= 0.3 is 0 Å². The van der Waals surface area contributed by atoms with Gasteiger partial charge in [-0.3, -0.25) is 0 Å².